The molecule has 0 aliphatic rings. The van der Waals surface area contributed by atoms with E-state index in [4.69, 9.17) is 0 Å². The number of aromatic nitrogens is 3. The second kappa shape index (κ2) is 4.09. The fourth-order valence-electron chi connectivity index (χ4n) is 1.14. The number of rotatable bonds is 2. The average Bonchev–Trinajstić information content (AvgIpc) is 2.71. The number of benzene rings is 1. The Hall–Kier alpha value is -1.63. The average molecular weight is 288 g/mol. The van der Waals surface area contributed by atoms with E-state index in [0.717, 1.165) is 10.7 Å². The Morgan fingerprint density at radius 3 is 2.69 bits per heavy atom. The summed E-state index contributed by atoms with van der Waals surface area (Å²) in [6, 6.07) is 1.94. The Morgan fingerprint density at radius 2 is 2.06 bits per heavy atom. The van der Waals surface area contributed by atoms with E-state index in [1.165, 1.54) is 12.3 Å². The van der Waals surface area contributed by atoms with E-state index in [1.807, 2.05) is 0 Å². The summed E-state index contributed by atoms with van der Waals surface area (Å²) in [5, 5.41) is 7.01. The van der Waals surface area contributed by atoms with Crippen molar-refractivity contribution in [3.63, 3.8) is 0 Å². The molecule has 0 bridgehead atoms. The molecule has 4 nitrogen and oxygen atoms in total. The zero-order chi connectivity index (χ0) is 11.7. The highest BCUT2D eigenvalue weighted by Crippen LogP contribution is 2.22. The van der Waals surface area contributed by atoms with Gasteiger partial charge in [-0.25, -0.2) is 13.5 Å². The maximum atomic E-state index is 13.4. The van der Waals surface area contributed by atoms with Crippen LogP contribution in [0.15, 0.2) is 22.8 Å². The molecule has 2 rings (SSSR count). The van der Waals surface area contributed by atoms with Gasteiger partial charge in [0.2, 0.25) is 0 Å². The van der Waals surface area contributed by atoms with Crippen LogP contribution in [0.5, 0.6) is 0 Å². The summed E-state index contributed by atoms with van der Waals surface area (Å²) in [6.07, 6.45) is 1.73. The maximum Gasteiger partial charge on any atom is 0.171 e. The lowest BCUT2D eigenvalue weighted by Gasteiger charge is -2.03. The van der Waals surface area contributed by atoms with Gasteiger partial charge >= 0.3 is 0 Å². The molecule has 0 radical (unpaired) electrons. The molecular formula is C9H4BrF2N3O. The molecular weight excluding hydrogens is 284 g/mol. The van der Waals surface area contributed by atoms with Gasteiger partial charge in [-0.1, -0.05) is 5.21 Å². The second-order valence-corrected chi connectivity index (χ2v) is 3.78. The van der Waals surface area contributed by atoms with Gasteiger partial charge in [0, 0.05) is 6.07 Å². The number of aldehydes is 1. The fourth-order valence-corrected chi connectivity index (χ4v) is 1.47. The molecule has 0 aliphatic heterocycles. The van der Waals surface area contributed by atoms with Gasteiger partial charge in [-0.3, -0.25) is 4.79 Å². The van der Waals surface area contributed by atoms with Crippen molar-refractivity contribution in [1.29, 1.82) is 0 Å². The Morgan fingerprint density at radius 1 is 1.31 bits per heavy atom. The van der Waals surface area contributed by atoms with Crippen molar-refractivity contribution in [3.05, 3.63) is 40.1 Å². The largest absolute Gasteiger partial charge is 0.296 e. The van der Waals surface area contributed by atoms with Crippen LogP contribution in [-0.2, 0) is 0 Å². The van der Waals surface area contributed by atoms with Crippen molar-refractivity contribution < 1.29 is 13.6 Å². The molecule has 0 saturated carbocycles. The van der Waals surface area contributed by atoms with Crippen molar-refractivity contribution >= 4 is 22.2 Å². The predicted molar refractivity (Wildman–Crippen MR) is 54.4 cm³/mol. The lowest BCUT2D eigenvalue weighted by molar-refractivity contribution is 0.111. The first kappa shape index (κ1) is 10.9. The minimum absolute atomic E-state index is 0.00822. The molecule has 0 fully saturated rings. The molecule has 1 heterocycles. The van der Waals surface area contributed by atoms with Gasteiger partial charge in [0.05, 0.1) is 10.7 Å². The van der Waals surface area contributed by atoms with Crippen molar-refractivity contribution in [1.82, 2.24) is 15.0 Å². The fraction of sp³-hybridized carbons (Fsp3) is 0. The molecule has 0 spiro atoms. The maximum absolute atomic E-state index is 13.4. The molecule has 82 valence electrons. The Labute approximate surface area is 97.0 Å². The van der Waals surface area contributed by atoms with Crippen LogP contribution < -0.4 is 0 Å². The number of carbonyl (C=O) groups excluding carboxylic acids is 1. The molecule has 0 atom stereocenters. The number of hydrogen-bond donors (Lipinski definition) is 0. The van der Waals surface area contributed by atoms with Crippen LogP contribution in [0.25, 0.3) is 5.69 Å². The van der Waals surface area contributed by atoms with Gasteiger partial charge in [0.1, 0.15) is 17.2 Å². The molecule has 0 saturated heterocycles. The first-order valence-electron chi connectivity index (χ1n) is 4.14. The van der Waals surface area contributed by atoms with E-state index in [0.29, 0.717) is 6.29 Å². The molecule has 7 heteroatoms. The summed E-state index contributed by atoms with van der Waals surface area (Å²) in [4.78, 5) is 10.4. The minimum atomic E-state index is -0.789. The van der Waals surface area contributed by atoms with E-state index >= 15 is 0 Å². The van der Waals surface area contributed by atoms with E-state index < -0.39 is 11.6 Å². The van der Waals surface area contributed by atoms with Gasteiger partial charge in [0.15, 0.2) is 12.1 Å². The highest BCUT2D eigenvalue weighted by atomic mass is 79.9. The zero-order valence-corrected chi connectivity index (χ0v) is 9.28. The second-order valence-electron chi connectivity index (χ2n) is 2.92. The molecule has 16 heavy (non-hydrogen) atoms. The van der Waals surface area contributed by atoms with E-state index in [2.05, 4.69) is 26.2 Å². The van der Waals surface area contributed by atoms with Crippen LogP contribution in [0.1, 0.15) is 10.5 Å². The molecule has 0 aliphatic carbocycles. The third-order valence-electron chi connectivity index (χ3n) is 1.87. The number of carbonyl (C=O) groups is 1. The summed E-state index contributed by atoms with van der Waals surface area (Å²) in [5.41, 5.74) is 0.0775. The highest BCUT2D eigenvalue weighted by molar-refractivity contribution is 9.10. The predicted octanol–water partition coefficient (Wildman–Crippen LogP) is 2.12. The monoisotopic (exact) mass is 287 g/mol. The number of halogens is 3. The number of nitrogens with zero attached hydrogens (tertiary/aromatic N) is 3. The van der Waals surface area contributed by atoms with Crippen LogP contribution in [0.3, 0.4) is 0 Å². The number of hydrogen-bond acceptors (Lipinski definition) is 3. The van der Waals surface area contributed by atoms with Gasteiger partial charge in [-0.15, -0.1) is 5.10 Å². The third kappa shape index (κ3) is 1.85. The van der Waals surface area contributed by atoms with Gasteiger partial charge < -0.3 is 0 Å². The van der Waals surface area contributed by atoms with Gasteiger partial charge in [-0.2, -0.15) is 0 Å². The van der Waals surface area contributed by atoms with Crippen molar-refractivity contribution in [3.8, 4) is 5.69 Å². The molecule has 1 aromatic carbocycles. The third-order valence-corrected chi connectivity index (χ3v) is 2.48. The summed E-state index contributed by atoms with van der Waals surface area (Å²) in [5.74, 6) is -1.50. The lowest BCUT2D eigenvalue weighted by atomic mass is 10.3. The lowest BCUT2D eigenvalue weighted by Crippen LogP contribution is -1.99. The van der Waals surface area contributed by atoms with Crippen LogP contribution in [-0.4, -0.2) is 21.3 Å². The molecule has 2 aromatic rings. The summed E-state index contributed by atoms with van der Waals surface area (Å²) >= 11 is 2.93. The van der Waals surface area contributed by atoms with Crippen molar-refractivity contribution in [2.45, 2.75) is 0 Å². The van der Waals surface area contributed by atoms with E-state index in [-0.39, 0.29) is 15.9 Å². The topological polar surface area (TPSA) is 47.8 Å². The molecule has 0 amide bonds. The normalized spacial score (nSPS) is 10.4. The van der Waals surface area contributed by atoms with E-state index in [9.17, 15) is 13.6 Å². The smallest absolute Gasteiger partial charge is 0.171 e. The van der Waals surface area contributed by atoms with Crippen molar-refractivity contribution in [2.75, 3.05) is 0 Å². The standard InChI is InChI=1S/C9H4BrF2N3O/c10-6-1-9(8(12)2-7(6)11)15-3-5(4-16)13-14-15/h1-4H. The van der Waals surface area contributed by atoms with E-state index in [1.54, 1.807) is 0 Å². The molecule has 1 aromatic heterocycles. The summed E-state index contributed by atoms with van der Waals surface area (Å²) in [6.45, 7) is 0. The quantitative estimate of drug-likeness (QED) is 0.628. The van der Waals surface area contributed by atoms with Crippen molar-refractivity contribution in [2.24, 2.45) is 0 Å². The van der Waals surface area contributed by atoms with Crippen LogP contribution >= 0.6 is 15.9 Å². The Balaban J connectivity index is 2.55. The van der Waals surface area contributed by atoms with Gasteiger partial charge in [-0.05, 0) is 22.0 Å². The zero-order valence-electron chi connectivity index (χ0n) is 7.69. The van der Waals surface area contributed by atoms with Gasteiger partial charge in [0.25, 0.3) is 0 Å². The Bertz CT molecular complexity index is 556. The molecule has 0 unspecified atom stereocenters. The van der Waals surface area contributed by atoms with Crippen LogP contribution in [0, 0.1) is 11.6 Å². The Kier molecular flexibility index (Phi) is 2.78. The SMILES string of the molecule is O=Cc1cn(-c2cc(Br)c(F)cc2F)nn1. The van der Waals surface area contributed by atoms with Crippen LogP contribution in [0.2, 0.25) is 0 Å². The summed E-state index contributed by atoms with van der Waals surface area (Å²) < 4.78 is 27.5. The van der Waals surface area contributed by atoms with Crippen LogP contribution in [0.4, 0.5) is 8.78 Å². The first-order valence-corrected chi connectivity index (χ1v) is 4.93. The first-order chi connectivity index (χ1) is 7.61. The minimum Gasteiger partial charge on any atom is -0.296 e. The highest BCUT2D eigenvalue weighted by Gasteiger charge is 2.11. The molecule has 0 N–H and O–H groups in total. The summed E-state index contributed by atoms with van der Waals surface area (Å²) in [7, 11) is 0.